The molecule has 1 aromatic rings. The zero-order valence-corrected chi connectivity index (χ0v) is 17.5. The van der Waals surface area contributed by atoms with E-state index in [1.165, 1.54) is 5.56 Å². The van der Waals surface area contributed by atoms with E-state index in [4.69, 9.17) is 9.47 Å². The summed E-state index contributed by atoms with van der Waals surface area (Å²) in [6, 6.07) is 4.06. The third-order valence-electron chi connectivity index (χ3n) is 4.20. The number of ether oxygens (including phenoxy) is 2. The Labute approximate surface area is 162 Å². The highest BCUT2D eigenvalue weighted by Gasteiger charge is 2.22. The smallest absolute Gasteiger partial charge is 0.240 e. The summed E-state index contributed by atoms with van der Waals surface area (Å²) in [5, 5.41) is 6.24. The Hall–Kier alpha value is -2.44. The fourth-order valence-electron chi connectivity index (χ4n) is 3.12. The van der Waals surface area contributed by atoms with E-state index in [-0.39, 0.29) is 24.1 Å². The van der Waals surface area contributed by atoms with Gasteiger partial charge < -0.3 is 25.0 Å². The lowest BCUT2D eigenvalue weighted by Gasteiger charge is -2.25. The van der Waals surface area contributed by atoms with Gasteiger partial charge in [-0.1, -0.05) is 0 Å². The summed E-state index contributed by atoms with van der Waals surface area (Å²) in [5.74, 6) is 2.32. The predicted molar refractivity (Wildman–Crippen MR) is 108 cm³/mol. The number of carbonyl (C=O) groups is 1. The normalized spacial score (nSPS) is 16.4. The number of benzene rings is 1. The van der Waals surface area contributed by atoms with Gasteiger partial charge in [-0.15, -0.1) is 0 Å². The van der Waals surface area contributed by atoms with Crippen LogP contribution in [-0.4, -0.2) is 56.2 Å². The molecule has 1 amide bonds. The standard InChI is InChI=1S/C20H32N4O3/c1-13-8-14-9-16(26-7)15(10-17(14)27-13)11-22-19(21-5)24(6)12-18(25)23-20(2,3)4/h9-10,13H,8,11-12H2,1-7H3,(H,21,22)(H,23,25). The maximum Gasteiger partial charge on any atom is 0.240 e. The minimum atomic E-state index is -0.260. The maximum atomic E-state index is 12.2. The van der Waals surface area contributed by atoms with Crippen molar-refractivity contribution in [2.24, 2.45) is 4.99 Å². The number of carbonyl (C=O) groups excluding carboxylic acids is 1. The quantitative estimate of drug-likeness (QED) is 0.607. The van der Waals surface area contributed by atoms with Crippen molar-refractivity contribution in [1.29, 1.82) is 0 Å². The second kappa shape index (κ2) is 8.50. The number of hydrogen-bond donors (Lipinski definition) is 2. The van der Waals surface area contributed by atoms with Gasteiger partial charge in [-0.25, -0.2) is 0 Å². The van der Waals surface area contributed by atoms with E-state index in [1.807, 2.05) is 40.0 Å². The molecule has 0 aliphatic carbocycles. The first kappa shape index (κ1) is 20.9. The van der Waals surface area contributed by atoms with Gasteiger partial charge in [0.1, 0.15) is 17.6 Å². The number of nitrogens with one attached hydrogen (secondary N) is 2. The number of aliphatic imine (C=N–C) groups is 1. The molecule has 7 nitrogen and oxygen atoms in total. The van der Waals surface area contributed by atoms with Gasteiger partial charge in [0.2, 0.25) is 5.91 Å². The SMILES string of the molecule is CN=C(NCc1cc2c(cc1OC)CC(C)O2)N(C)CC(=O)NC(C)(C)C. The minimum Gasteiger partial charge on any atom is -0.496 e. The molecule has 1 heterocycles. The molecule has 0 saturated carbocycles. The second-order valence-electron chi connectivity index (χ2n) is 7.96. The molecular weight excluding hydrogens is 344 g/mol. The molecule has 0 bridgehead atoms. The minimum absolute atomic E-state index is 0.0505. The summed E-state index contributed by atoms with van der Waals surface area (Å²) >= 11 is 0. The summed E-state index contributed by atoms with van der Waals surface area (Å²) in [5.41, 5.74) is 1.89. The molecular formula is C20H32N4O3. The first-order valence-corrected chi connectivity index (χ1v) is 9.22. The monoisotopic (exact) mass is 376 g/mol. The fraction of sp³-hybridized carbons (Fsp3) is 0.600. The maximum absolute atomic E-state index is 12.2. The highest BCUT2D eigenvalue weighted by atomic mass is 16.5. The number of hydrogen-bond acceptors (Lipinski definition) is 4. The number of methoxy groups -OCH3 is 1. The van der Waals surface area contributed by atoms with Crippen molar-refractivity contribution in [3.63, 3.8) is 0 Å². The van der Waals surface area contributed by atoms with E-state index in [9.17, 15) is 4.79 Å². The molecule has 0 spiro atoms. The second-order valence-corrected chi connectivity index (χ2v) is 7.96. The lowest BCUT2D eigenvalue weighted by atomic mass is 10.1. The van der Waals surface area contributed by atoms with Crippen molar-refractivity contribution in [1.82, 2.24) is 15.5 Å². The van der Waals surface area contributed by atoms with Gasteiger partial charge >= 0.3 is 0 Å². The Bertz CT molecular complexity index is 710. The Morgan fingerprint density at radius 1 is 1.41 bits per heavy atom. The van der Waals surface area contributed by atoms with Gasteiger partial charge in [0, 0.05) is 43.7 Å². The van der Waals surface area contributed by atoms with Crippen molar-refractivity contribution in [3.05, 3.63) is 23.3 Å². The van der Waals surface area contributed by atoms with Crippen LogP contribution in [0, 0.1) is 0 Å². The van der Waals surface area contributed by atoms with Gasteiger partial charge in [-0.05, 0) is 39.8 Å². The summed E-state index contributed by atoms with van der Waals surface area (Å²) in [4.78, 5) is 18.2. The molecule has 1 aromatic carbocycles. The van der Waals surface area contributed by atoms with E-state index in [1.54, 1.807) is 19.1 Å². The summed E-state index contributed by atoms with van der Waals surface area (Å²) in [7, 11) is 5.20. The third-order valence-corrected chi connectivity index (χ3v) is 4.20. The van der Waals surface area contributed by atoms with Gasteiger partial charge in [0.05, 0.1) is 13.7 Å². The largest absolute Gasteiger partial charge is 0.496 e. The van der Waals surface area contributed by atoms with Crippen LogP contribution >= 0.6 is 0 Å². The summed E-state index contributed by atoms with van der Waals surface area (Å²) < 4.78 is 11.4. The molecule has 0 aromatic heterocycles. The lowest BCUT2D eigenvalue weighted by molar-refractivity contribution is -0.122. The first-order chi connectivity index (χ1) is 12.6. The number of guanidine groups is 1. The van der Waals surface area contributed by atoms with Crippen molar-refractivity contribution in [2.75, 3.05) is 27.7 Å². The van der Waals surface area contributed by atoms with Crippen LogP contribution < -0.4 is 20.1 Å². The van der Waals surface area contributed by atoms with Crippen molar-refractivity contribution in [2.45, 2.75) is 52.3 Å². The molecule has 1 atom stereocenters. The molecule has 7 heteroatoms. The van der Waals surface area contributed by atoms with Crippen LogP contribution in [0.3, 0.4) is 0 Å². The average Bonchev–Trinajstić information content (AvgIpc) is 2.91. The molecule has 0 saturated heterocycles. The van der Waals surface area contributed by atoms with E-state index < -0.39 is 0 Å². The van der Waals surface area contributed by atoms with E-state index in [0.717, 1.165) is 23.5 Å². The van der Waals surface area contributed by atoms with E-state index >= 15 is 0 Å². The predicted octanol–water partition coefficient (Wildman–Crippen LogP) is 1.94. The number of nitrogens with zero attached hydrogens (tertiary/aromatic N) is 2. The van der Waals surface area contributed by atoms with E-state index in [0.29, 0.717) is 12.5 Å². The Morgan fingerprint density at radius 3 is 2.70 bits per heavy atom. The van der Waals surface area contributed by atoms with Crippen LogP contribution in [-0.2, 0) is 17.8 Å². The zero-order valence-electron chi connectivity index (χ0n) is 17.5. The van der Waals surface area contributed by atoms with Crippen molar-refractivity contribution < 1.29 is 14.3 Å². The number of rotatable bonds is 5. The summed E-state index contributed by atoms with van der Waals surface area (Å²) in [6.45, 7) is 8.68. The zero-order chi connectivity index (χ0) is 20.2. The molecule has 0 fully saturated rings. The van der Waals surface area contributed by atoms with Crippen molar-refractivity contribution in [3.8, 4) is 11.5 Å². The van der Waals surface area contributed by atoms with Crippen LogP contribution in [0.4, 0.5) is 0 Å². The molecule has 1 aliphatic rings. The molecule has 2 N–H and O–H groups in total. The summed E-state index contributed by atoms with van der Waals surface area (Å²) in [6.07, 6.45) is 1.08. The number of amides is 1. The van der Waals surface area contributed by atoms with Gasteiger partial charge in [0.25, 0.3) is 0 Å². The third kappa shape index (κ3) is 5.77. The van der Waals surface area contributed by atoms with Crippen LogP contribution in [0.5, 0.6) is 11.5 Å². The molecule has 0 radical (unpaired) electrons. The Kier molecular flexibility index (Phi) is 6.57. The van der Waals surface area contributed by atoms with Crippen molar-refractivity contribution >= 4 is 11.9 Å². The molecule has 2 rings (SSSR count). The number of fused-ring (bicyclic) bond motifs is 1. The average molecular weight is 377 g/mol. The Balaban J connectivity index is 2.02. The highest BCUT2D eigenvalue weighted by molar-refractivity contribution is 5.86. The fourth-order valence-corrected chi connectivity index (χ4v) is 3.12. The first-order valence-electron chi connectivity index (χ1n) is 9.22. The molecule has 1 unspecified atom stereocenters. The topological polar surface area (TPSA) is 75.2 Å². The molecule has 150 valence electrons. The Morgan fingerprint density at radius 2 is 2.11 bits per heavy atom. The van der Waals surface area contributed by atoms with Gasteiger partial charge in [-0.2, -0.15) is 0 Å². The van der Waals surface area contributed by atoms with E-state index in [2.05, 4.69) is 22.5 Å². The molecule has 27 heavy (non-hydrogen) atoms. The highest BCUT2D eigenvalue weighted by Crippen LogP contribution is 2.34. The molecule has 1 aliphatic heterocycles. The van der Waals surface area contributed by atoms with Crippen LogP contribution in [0.25, 0.3) is 0 Å². The number of likely N-dealkylation sites (N-methyl/N-ethyl adjacent to an activating group) is 1. The van der Waals surface area contributed by atoms with Crippen LogP contribution in [0.1, 0.15) is 38.8 Å². The van der Waals surface area contributed by atoms with Crippen LogP contribution in [0.15, 0.2) is 17.1 Å². The lowest BCUT2D eigenvalue weighted by Crippen LogP contribution is -2.48. The van der Waals surface area contributed by atoms with Gasteiger partial charge in [0.15, 0.2) is 5.96 Å². The van der Waals surface area contributed by atoms with Gasteiger partial charge in [-0.3, -0.25) is 9.79 Å². The van der Waals surface area contributed by atoms with Crippen LogP contribution in [0.2, 0.25) is 0 Å².